The second-order valence-electron chi connectivity index (χ2n) is 7.62. The molecule has 0 atom stereocenters. The molecule has 3 aromatic rings. The molecule has 1 aliphatic heterocycles. The van der Waals surface area contributed by atoms with Gasteiger partial charge in [-0.3, -0.25) is 14.5 Å². The van der Waals surface area contributed by atoms with E-state index in [1.54, 1.807) is 31.2 Å². The number of carbonyl (C=O) groups is 2. The number of aromatic nitrogens is 2. The largest absolute Gasteiger partial charge is 0.349 e. The summed E-state index contributed by atoms with van der Waals surface area (Å²) in [6.45, 7) is 3.45. The quantitative estimate of drug-likeness (QED) is 0.616. The first kappa shape index (κ1) is 21.2. The molecule has 0 radical (unpaired) electrons. The summed E-state index contributed by atoms with van der Waals surface area (Å²) < 4.78 is 15.6. The zero-order chi connectivity index (χ0) is 21.8. The van der Waals surface area contributed by atoms with Crippen LogP contribution in [0.4, 0.5) is 10.2 Å². The summed E-state index contributed by atoms with van der Waals surface area (Å²) >= 11 is 1.50. The van der Waals surface area contributed by atoms with Crippen molar-refractivity contribution in [1.29, 1.82) is 0 Å². The highest BCUT2D eigenvalue weighted by Crippen LogP contribution is 2.20. The number of amides is 2. The van der Waals surface area contributed by atoms with E-state index in [0.29, 0.717) is 30.2 Å². The smallest absolute Gasteiger partial charge is 0.252 e. The minimum Gasteiger partial charge on any atom is -0.349 e. The maximum atomic E-state index is 14.2. The van der Waals surface area contributed by atoms with Gasteiger partial charge in [-0.25, -0.2) is 9.07 Å². The van der Waals surface area contributed by atoms with Gasteiger partial charge in [-0.1, -0.05) is 12.1 Å². The molecule has 1 fully saturated rings. The van der Waals surface area contributed by atoms with E-state index in [-0.39, 0.29) is 30.1 Å². The number of rotatable bonds is 6. The molecule has 2 aromatic heterocycles. The molecule has 0 spiro atoms. The number of piperidine rings is 1. The van der Waals surface area contributed by atoms with Gasteiger partial charge in [-0.05, 0) is 43.3 Å². The second kappa shape index (κ2) is 9.40. The molecule has 3 heterocycles. The molecule has 0 aliphatic carbocycles. The Kier molecular flexibility index (Phi) is 6.43. The lowest BCUT2D eigenvalue weighted by Gasteiger charge is -2.31. The summed E-state index contributed by atoms with van der Waals surface area (Å²) in [5.41, 5.74) is 1.65. The van der Waals surface area contributed by atoms with Gasteiger partial charge in [0.2, 0.25) is 5.91 Å². The number of anilines is 1. The molecular formula is C22H24FN5O2S. The monoisotopic (exact) mass is 441 g/mol. The van der Waals surface area contributed by atoms with Crippen molar-refractivity contribution in [3.63, 3.8) is 0 Å². The Labute approximate surface area is 183 Å². The zero-order valence-corrected chi connectivity index (χ0v) is 18.0. The number of nitrogens with zero attached hydrogens (tertiary/aromatic N) is 3. The fourth-order valence-electron chi connectivity index (χ4n) is 3.68. The SMILES string of the molecule is Cc1cc(NC(=O)CN2CCC(NC(=O)c3ccsc3)CC2)n(-c2ccccc2F)n1. The van der Waals surface area contributed by atoms with E-state index in [2.05, 4.69) is 20.6 Å². The van der Waals surface area contributed by atoms with Crippen LogP contribution in [0.15, 0.2) is 47.2 Å². The first-order chi connectivity index (χ1) is 15.0. The fourth-order valence-corrected chi connectivity index (χ4v) is 4.31. The Bertz CT molecular complexity index is 1060. The number of benzene rings is 1. The molecule has 2 N–H and O–H groups in total. The van der Waals surface area contributed by atoms with E-state index in [1.165, 1.54) is 22.1 Å². The molecular weight excluding hydrogens is 417 g/mol. The maximum absolute atomic E-state index is 14.2. The summed E-state index contributed by atoms with van der Waals surface area (Å²) in [7, 11) is 0. The van der Waals surface area contributed by atoms with E-state index < -0.39 is 5.82 Å². The average Bonchev–Trinajstić information content (AvgIpc) is 3.40. The lowest BCUT2D eigenvalue weighted by atomic mass is 10.0. The second-order valence-corrected chi connectivity index (χ2v) is 8.40. The van der Waals surface area contributed by atoms with Gasteiger partial charge in [0.1, 0.15) is 17.3 Å². The Hall–Kier alpha value is -3.04. The van der Waals surface area contributed by atoms with E-state index in [0.717, 1.165) is 12.8 Å². The van der Waals surface area contributed by atoms with Crippen molar-refractivity contribution in [2.75, 3.05) is 25.0 Å². The molecule has 1 aliphatic rings. The summed E-state index contributed by atoms with van der Waals surface area (Å²) in [4.78, 5) is 26.9. The van der Waals surface area contributed by atoms with Crippen LogP contribution in [0.2, 0.25) is 0 Å². The Morgan fingerprint density at radius 3 is 2.71 bits per heavy atom. The van der Waals surface area contributed by atoms with Crippen molar-refractivity contribution < 1.29 is 14.0 Å². The number of aryl methyl sites for hydroxylation is 1. The van der Waals surface area contributed by atoms with Crippen LogP contribution in [-0.4, -0.2) is 52.2 Å². The highest BCUT2D eigenvalue weighted by molar-refractivity contribution is 7.08. The van der Waals surface area contributed by atoms with Crippen LogP contribution < -0.4 is 10.6 Å². The molecule has 0 saturated carbocycles. The number of thiophene rings is 1. The molecule has 2 amide bonds. The number of para-hydroxylation sites is 1. The predicted octanol–water partition coefficient (Wildman–Crippen LogP) is 3.21. The fraction of sp³-hybridized carbons (Fsp3) is 0.318. The van der Waals surface area contributed by atoms with Crippen molar-refractivity contribution in [1.82, 2.24) is 20.0 Å². The van der Waals surface area contributed by atoms with Crippen LogP contribution in [-0.2, 0) is 4.79 Å². The van der Waals surface area contributed by atoms with Gasteiger partial charge in [0.15, 0.2) is 0 Å². The van der Waals surface area contributed by atoms with Gasteiger partial charge in [-0.15, -0.1) is 0 Å². The van der Waals surface area contributed by atoms with Gasteiger partial charge in [0.05, 0.1) is 12.2 Å². The van der Waals surface area contributed by atoms with Crippen molar-refractivity contribution >= 4 is 29.0 Å². The van der Waals surface area contributed by atoms with Crippen LogP contribution >= 0.6 is 11.3 Å². The minimum absolute atomic E-state index is 0.0470. The number of halogens is 1. The molecule has 31 heavy (non-hydrogen) atoms. The van der Waals surface area contributed by atoms with Crippen LogP contribution in [0.25, 0.3) is 5.69 Å². The first-order valence-corrected chi connectivity index (χ1v) is 11.1. The standard InChI is InChI=1S/C22H24FN5O2S/c1-15-12-20(28(26-15)19-5-3-2-4-18(19)23)25-21(29)13-27-9-6-17(7-10-27)24-22(30)16-8-11-31-14-16/h2-5,8,11-12,14,17H,6-7,9-10,13H2,1H3,(H,24,30)(H,25,29). The van der Waals surface area contributed by atoms with Crippen molar-refractivity contribution in [3.8, 4) is 5.69 Å². The topological polar surface area (TPSA) is 79.3 Å². The molecule has 0 bridgehead atoms. The highest BCUT2D eigenvalue weighted by atomic mass is 32.1. The predicted molar refractivity (Wildman–Crippen MR) is 118 cm³/mol. The van der Waals surface area contributed by atoms with Gasteiger partial charge in [0.25, 0.3) is 5.91 Å². The molecule has 1 saturated heterocycles. The molecule has 162 valence electrons. The van der Waals surface area contributed by atoms with Crippen molar-refractivity contribution in [2.24, 2.45) is 0 Å². The highest BCUT2D eigenvalue weighted by Gasteiger charge is 2.23. The maximum Gasteiger partial charge on any atom is 0.252 e. The summed E-state index contributed by atoms with van der Waals surface area (Å²) in [5.74, 6) is -0.203. The number of carbonyl (C=O) groups excluding carboxylic acids is 2. The normalized spacial score (nSPS) is 15.0. The molecule has 7 nitrogen and oxygen atoms in total. The van der Waals surface area contributed by atoms with Crippen LogP contribution in [0, 0.1) is 12.7 Å². The van der Waals surface area contributed by atoms with E-state index >= 15 is 0 Å². The van der Waals surface area contributed by atoms with E-state index in [1.807, 2.05) is 16.8 Å². The summed E-state index contributed by atoms with van der Waals surface area (Å²) in [5, 5.41) is 13.9. The zero-order valence-electron chi connectivity index (χ0n) is 17.2. The lowest BCUT2D eigenvalue weighted by molar-refractivity contribution is -0.117. The Morgan fingerprint density at radius 2 is 2.00 bits per heavy atom. The third-order valence-electron chi connectivity index (χ3n) is 5.25. The van der Waals surface area contributed by atoms with E-state index in [4.69, 9.17) is 0 Å². The number of likely N-dealkylation sites (tertiary alicyclic amines) is 1. The Morgan fingerprint density at radius 1 is 1.23 bits per heavy atom. The van der Waals surface area contributed by atoms with E-state index in [9.17, 15) is 14.0 Å². The average molecular weight is 442 g/mol. The van der Waals surface area contributed by atoms with Gasteiger partial charge in [0, 0.05) is 36.1 Å². The molecule has 4 rings (SSSR count). The molecule has 9 heteroatoms. The molecule has 0 unspecified atom stereocenters. The van der Waals surface area contributed by atoms with Gasteiger partial charge < -0.3 is 10.6 Å². The summed E-state index contributed by atoms with van der Waals surface area (Å²) in [6.07, 6.45) is 1.57. The van der Waals surface area contributed by atoms with Crippen molar-refractivity contribution in [2.45, 2.75) is 25.8 Å². The van der Waals surface area contributed by atoms with Crippen LogP contribution in [0.1, 0.15) is 28.9 Å². The minimum atomic E-state index is -0.410. The van der Waals surface area contributed by atoms with Crippen LogP contribution in [0.3, 0.4) is 0 Å². The van der Waals surface area contributed by atoms with Crippen LogP contribution in [0.5, 0.6) is 0 Å². The number of hydrogen-bond acceptors (Lipinski definition) is 5. The molecule has 1 aromatic carbocycles. The van der Waals surface area contributed by atoms with Crippen molar-refractivity contribution in [3.05, 3.63) is 64.2 Å². The number of hydrogen-bond donors (Lipinski definition) is 2. The third kappa shape index (κ3) is 5.18. The third-order valence-corrected chi connectivity index (χ3v) is 5.94. The van der Waals surface area contributed by atoms with Gasteiger partial charge >= 0.3 is 0 Å². The van der Waals surface area contributed by atoms with Gasteiger partial charge in [-0.2, -0.15) is 16.4 Å². The summed E-state index contributed by atoms with van der Waals surface area (Å²) in [6, 6.07) is 9.95. The first-order valence-electron chi connectivity index (χ1n) is 10.2. The lowest BCUT2D eigenvalue weighted by Crippen LogP contribution is -2.46. The number of nitrogens with one attached hydrogen (secondary N) is 2. The Balaban J connectivity index is 1.31.